The zero-order valence-corrected chi connectivity index (χ0v) is 18.0. The minimum absolute atomic E-state index is 0.00154. The third kappa shape index (κ3) is 5.93. The molecule has 0 fully saturated rings. The summed E-state index contributed by atoms with van der Waals surface area (Å²) in [7, 11) is -4.46. The molecule has 2 aromatic rings. The van der Waals surface area contributed by atoms with Crippen LogP contribution in [0.1, 0.15) is 34.0 Å². The molecule has 2 atom stereocenters. The number of nitrogens with two attached hydrogens (primary N) is 1. The molecule has 0 saturated heterocycles. The summed E-state index contributed by atoms with van der Waals surface area (Å²) in [5.41, 5.74) is -0.911. The molecule has 3 rings (SSSR count). The van der Waals surface area contributed by atoms with E-state index in [1.54, 1.807) is 10.8 Å². The monoisotopic (exact) mass is 508 g/mol. The van der Waals surface area contributed by atoms with Crippen LogP contribution in [0.15, 0.2) is 36.4 Å². The highest BCUT2D eigenvalue weighted by molar-refractivity contribution is 7.87. The number of carboxylic acids is 1. The molecule has 1 aliphatic rings. The van der Waals surface area contributed by atoms with Crippen LogP contribution in [0.3, 0.4) is 0 Å². The summed E-state index contributed by atoms with van der Waals surface area (Å²) in [6, 6.07) is 4.97. The first-order valence-corrected chi connectivity index (χ1v) is 11.0. The number of aliphatic carboxylic acids is 1. The van der Waals surface area contributed by atoms with Gasteiger partial charge in [-0.15, -0.1) is 0 Å². The number of hydrogen-bond donors (Lipinski definition) is 3. The molecule has 4 N–H and O–H groups in total. The number of halogens is 4. The van der Waals surface area contributed by atoms with Gasteiger partial charge in [-0.1, -0.05) is 23.7 Å². The molecule has 1 heterocycles. The fourth-order valence-electron chi connectivity index (χ4n) is 3.11. The predicted molar refractivity (Wildman–Crippen MR) is 108 cm³/mol. The van der Waals surface area contributed by atoms with Crippen molar-refractivity contribution < 1.29 is 45.8 Å². The Kier molecular flexibility index (Phi) is 6.88. The summed E-state index contributed by atoms with van der Waals surface area (Å²) in [4.78, 5) is 23.8. The van der Waals surface area contributed by atoms with E-state index < -0.39 is 52.4 Å². The number of rotatable bonds is 7. The van der Waals surface area contributed by atoms with Crippen molar-refractivity contribution in [2.45, 2.75) is 24.7 Å². The van der Waals surface area contributed by atoms with Crippen molar-refractivity contribution in [2.75, 3.05) is 6.61 Å². The van der Waals surface area contributed by atoms with Crippen molar-refractivity contribution in [2.24, 2.45) is 5.14 Å². The lowest BCUT2D eigenvalue weighted by Gasteiger charge is -2.28. The Morgan fingerprint density at radius 2 is 2.03 bits per heavy atom. The highest BCUT2D eigenvalue weighted by Crippen LogP contribution is 2.43. The Hall–Kier alpha value is -2.87. The van der Waals surface area contributed by atoms with E-state index in [2.05, 4.69) is 0 Å². The number of benzene rings is 2. The molecule has 1 aliphatic heterocycles. The van der Waals surface area contributed by atoms with Gasteiger partial charge in [0.15, 0.2) is 11.8 Å². The van der Waals surface area contributed by atoms with Crippen molar-refractivity contribution in [3.63, 3.8) is 0 Å². The Morgan fingerprint density at radius 3 is 2.64 bits per heavy atom. The zero-order valence-electron chi connectivity index (χ0n) is 16.4. The van der Waals surface area contributed by atoms with Gasteiger partial charge in [0, 0.05) is 5.56 Å². The number of alkyl halides is 3. The van der Waals surface area contributed by atoms with Crippen molar-refractivity contribution in [3.8, 4) is 11.5 Å². The molecule has 0 aromatic heterocycles. The summed E-state index contributed by atoms with van der Waals surface area (Å²) in [6.45, 7) is -0.905. The topological polar surface area (TPSA) is 145 Å². The number of para-hydroxylation sites is 1. The van der Waals surface area contributed by atoms with E-state index >= 15 is 0 Å². The number of nitrogens with one attached hydrogen (secondary N) is 1. The standard InChI is InChI=1S/C19H16ClF3N2O7S/c20-12-3-1-2-10-14(26)7-16(32-17(10)12)11-5-4-9(19(21,22)23)6-15(11)31-8-13(18(27)28)25-33(24,29)30/h1-6,13,16,25H,7-8H2,(H,27,28)(H2,24,29,30)/t13?,16-/m0/s1. The molecule has 1 unspecified atom stereocenters. The molecule has 0 amide bonds. The van der Waals surface area contributed by atoms with Crippen LogP contribution in [0.25, 0.3) is 0 Å². The first-order chi connectivity index (χ1) is 15.3. The lowest BCUT2D eigenvalue weighted by atomic mass is 9.95. The summed E-state index contributed by atoms with van der Waals surface area (Å²) in [5.74, 6) is -2.47. The second kappa shape index (κ2) is 9.17. The van der Waals surface area contributed by atoms with E-state index in [1.807, 2.05) is 0 Å². The van der Waals surface area contributed by atoms with Crippen LogP contribution in [0.5, 0.6) is 11.5 Å². The van der Waals surface area contributed by atoms with Gasteiger partial charge >= 0.3 is 12.1 Å². The molecule has 178 valence electrons. The molecular formula is C19H16ClF3N2O7S. The van der Waals surface area contributed by atoms with Gasteiger partial charge in [0.1, 0.15) is 24.2 Å². The largest absolute Gasteiger partial charge is 0.491 e. The van der Waals surface area contributed by atoms with Gasteiger partial charge in [-0.2, -0.15) is 26.3 Å². The van der Waals surface area contributed by atoms with Gasteiger partial charge < -0.3 is 14.6 Å². The number of carbonyl (C=O) groups excluding carboxylic acids is 1. The first-order valence-electron chi connectivity index (χ1n) is 9.11. The van der Waals surface area contributed by atoms with Gasteiger partial charge in [-0.25, -0.2) is 5.14 Å². The van der Waals surface area contributed by atoms with Gasteiger partial charge in [0.25, 0.3) is 10.2 Å². The number of ketones is 1. The second-order valence-electron chi connectivity index (χ2n) is 6.97. The zero-order chi connectivity index (χ0) is 24.6. The summed E-state index contributed by atoms with van der Waals surface area (Å²) in [6.07, 6.45) is -6.12. The van der Waals surface area contributed by atoms with E-state index in [1.165, 1.54) is 12.1 Å². The number of ether oxygens (including phenoxy) is 2. The Balaban J connectivity index is 1.98. The fraction of sp³-hybridized carbons (Fsp3) is 0.263. The highest BCUT2D eigenvalue weighted by Gasteiger charge is 2.35. The lowest BCUT2D eigenvalue weighted by Crippen LogP contribution is -2.47. The van der Waals surface area contributed by atoms with Crippen LogP contribution in [0.4, 0.5) is 13.2 Å². The molecule has 0 saturated carbocycles. The number of hydrogen-bond acceptors (Lipinski definition) is 6. The molecule has 0 bridgehead atoms. The Morgan fingerprint density at radius 1 is 1.33 bits per heavy atom. The van der Waals surface area contributed by atoms with Crippen LogP contribution in [0.2, 0.25) is 5.02 Å². The van der Waals surface area contributed by atoms with E-state index in [4.69, 9.17) is 31.3 Å². The lowest BCUT2D eigenvalue weighted by molar-refractivity contribution is -0.140. The maximum atomic E-state index is 13.2. The quantitative estimate of drug-likeness (QED) is 0.521. The third-order valence-corrected chi connectivity index (χ3v) is 5.51. The molecule has 2 aromatic carbocycles. The SMILES string of the molecule is NS(=O)(=O)NC(COc1cc(C(F)(F)F)ccc1[C@@H]1CC(=O)c2cccc(Cl)c2O1)C(=O)O. The number of Topliss-reactive ketones (excluding diaryl/α,β-unsaturated/α-hetero) is 1. The molecule has 33 heavy (non-hydrogen) atoms. The minimum atomic E-state index is -4.76. The van der Waals surface area contributed by atoms with Crippen LogP contribution in [-0.2, 0) is 21.2 Å². The van der Waals surface area contributed by atoms with E-state index in [0.717, 1.165) is 12.1 Å². The number of fused-ring (bicyclic) bond motifs is 1. The van der Waals surface area contributed by atoms with Gasteiger partial charge in [-0.3, -0.25) is 9.59 Å². The smallest absolute Gasteiger partial charge is 0.416 e. The first kappa shape index (κ1) is 24.8. The molecule has 0 radical (unpaired) electrons. The number of carboxylic acid groups (broad SMARTS) is 1. The summed E-state index contributed by atoms with van der Waals surface area (Å²) >= 11 is 6.08. The van der Waals surface area contributed by atoms with Crippen molar-refractivity contribution >= 4 is 33.6 Å². The van der Waals surface area contributed by atoms with Crippen molar-refractivity contribution in [1.29, 1.82) is 0 Å². The van der Waals surface area contributed by atoms with Crippen molar-refractivity contribution in [3.05, 3.63) is 58.1 Å². The van der Waals surface area contributed by atoms with Gasteiger partial charge in [-0.05, 0) is 24.3 Å². The normalized spacial score (nSPS) is 17.1. The fourth-order valence-corrected chi connectivity index (χ4v) is 3.90. The van der Waals surface area contributed by atoms with Crippen LogP contribution in [-0.4, -0.2) is 37.9 Å². The van der Waals surface area contributed by atoms with Gasteiger partial charge in [0.05, 0.1) is 22.6 Å². The number of carbonyl (C=O) groups is 2. The average molecular weight is 509 g/mol. The van der Waals surface area contributed by atoms with Crippen molar-refractivity contribution in [1.82, 2.24) is 4.72 Å². The van der Waals surface area contributed by atoms with Crippen LogP contribution < -0.4 is 19.3 Å². The van der Waals surface area contributed by atoms with Crippen LogP contribution in [0, 0.1) is 0 Å². The maximum Gasteiger partial charge on any atom is 0.416 e. The third-order valence-electron chi connectivity index (χ3n) is 4.60. The van der Waals surface area contributed by atoms with Gasteiger partial charge in [0.2, 0.25) is 0 Å². The second-order valence-corrected chi connectivity index (χ2v) is 8.70. The maximum absolute atomic E-state index is 13.2. The highest BCUT2D eigenvalue weighted by atomic mass is 35.5. The molecule has 14 heteroatoms. The van der Waals surface area contributed by atoms with E-state index in [0.29, 0.717) is 6.07 Å². The molecule has 0 aliphatic carbocycles. The molecular weight excluding hydrogens is 493 g/mol. The summed E-state index contributed by atoms with van der Waals surface area (Å²) in [5, 5.41) is 14.0. The average Bonchev–Trinajstić information content (AvgIpc) is 2.70. The Bertz CT molecular complexity index is 1200. The Labute approximate surface area is 190 Å². The van der Waals surface area contributed by atoms with Crippen LogP contribution >= 0.6 is 11.6 Å². The molecule has 0 spiro atoms. The molecule has 9 nitrogen and oxygen atoms in total. The minimum Gasteiger partial charge on any atom is -0.491 e. The summed E-state index contributed by atoms with van der Waals surface area (Å²) < 4.78 is 74.7. The van der Waals surface area contributed by atoms with E-state index in [-0.39, 0.29) is 34.1 Å². The van der Waals surface area contributed by atoms with E-state index in [9.17, 15) is 31.2 Å². The predicted octanol–water partition coefficient (Wildman–Crippen LogP) is 2.69.